The molecule has 1 heterocycles. The number of benzene rings is 2. The lowest BCUT2D eigenvalue weighted by atomic mass is 10.1. The van der Waals surface area contributed by atoms with E-state index in [0.29, 0.717) is 13.0 Å². The van der Waals surface area contributed by atoms with E-state index in [2.05, 4.69) is 16.9 Å². The van der Waals surface area contributed by atoms with Gasteiger partial charge in [0.1, 0.15) is 5.75 Å². The van der Waals surface area contributed by atoms with Crippen LogP contribution in [0.5, 0.6) is 5.75 Å². The highest BCUT2D eigenvalue weighted by Crippen LogP contribution is 2.22. The van der Waals surface area contributed by atoms with Gasteiger partial charge >= 0.3 is 0 Å². The first-order chi connectivity index (χ1) is 13.2. The molecule has 5 heteroatoms. The zero-order valence-corrected chi connectivity index (χ0v) is 16.1. The second-order valence-corrected chi connectivity index (χ2v) is 7.28. The van der Waals surface area contributed by atoms with Gasteiger partial charge in [0, 0.05) is 5.69 Å². The number of nitrogens with zero attached hydrogens (tertiary/aromatic N) is 1. The van der Waals surface area contributed by atoms with Gasteiger partial charge in [-0.05, 0) is 61.6 Å². The number of thiazole rings is 1. The van der Waals surface area contributed by atoms with E-state index in [9.17, 15) is 4.79 Å². The van der Waals surface area contributed by atoms with Gasteiger partial charge in [0.05, 0.1) is 28.8 Å². The van der Waals surface area contributed by atoms with Crippen LogP contribution in [0.15, 0.2) is 60.6 Å². The highest BCUT2D eigenvalue weighted by Gasteiger charge is 2.07. The van der Waals surface area contributed by atoms with E-state index < -0.39 is 0 Å². The van der Waals surface area contributed by atoms with Crippen LogP contribution in [-0.4, -0.2) is 17.5 Å². The van der Waals surface area contributed by atoms with Crippen LogP contribution in [0, 0.1) is 0 Å². The number of carbonyl (C=O) groups is 1. The van der Waals surface area contributed by atoms with Crippen molar-refractivity contribution in [3.8, 4) is 5.75 Å². The second kappa shape index (κ2) is 9.88. The third-order valence-electron chi connectivity index (χ3n) is 4.20. The Hall–Kier alpha value is -2.66. The van der Waals surface area contributed by atoms with Crippen LogP contribution in [0.25, 0.3) is 10.2 Å². The molecule has 0 saturated heterocycles. The molecule has 0 aliphatic heterocycles. The number of fused-ring (bicyclic) bond motifs is 1. The summed E-state index contributed by atoms with van der Waals surface area (Å²) in [6.07, 6.45) is 6.64. The van der Waals surface area contributed by atoms with E-state index >= 15 is 0 Å². The van der Waals surface area contributed by atoms with Gasteiger partial charge in [-0.1, -0.05) is 18.2 Å². The lowest BCUT2D eigenvalue weighted by Gasteiger charge is -2.09. The van der Waals surface area contributed by atoms with Crippen molar-refractivity contribution >= 4 is 33.1 Å². The molecular formula is C22H24N2O2S. The molecule has 1 amide bonds. The Kier molecular flexibility index (Phi) is 6.99. The topological polar surface area (TPSA) is 51.2 Å². The van der Waals surface area contributed by atoms with Gasteiger partial charge < -0.3 is 10.1 Å². The summed E-state index contributed by atoms with van der Waals surface area (Å²) in [5.41, 5.74) is 4.49. The number of aromatic nitrogens is 1. The van der Waals surface area contributed by atoms with Crippen LogP contribution in [0.4, 0.5) is 5.69 Å². The summed E-state index contributed by atoms with van der Waals surface area (Å²) in [5.74, 6) is 0.774. The molecule has 27 heavy (non-hydrogen) atoms. The van der Waals surface area contributed by atoms with Gasteiger partial charge in [-0.25, -0.2) is 4.98 Å². The fourth-order valence-corrected chi connectivity index (χ4v) is 3.54. The van der Waals surface area contributed by atoms with Crippen molar-refractivity contribution in [3.05, 3.63) is 66.2 Å². The first kappa shape index (κ1) is 19.1. The Labute approximate surface area is 163 Å². The van der Waals surface area contributed by atoms with Crippen molar-refractivity contribution in [3.63, 3.8) is 0 Å². The minimum atomic E-state index is -0.0413. The number of hydrogen-bond donors (Lipinski definition) is 1. The molecule has 0 unspecified atom stereocenters. The molecule has 0 aliphatic rings. The number of anilines is 1. The van der Waals surface area contributed by atoms with Crippen LogP contribution in [0.2, 0.25) is 0 Å². The van der Waals surface area contributed by atoms with Gasteiger partial charge in [0.25, 0.3) is 0 Å². The number of amides is 1. The van der Waals surface area contributed by atoms with Crippen molar-refractivity contribution in [2.75, 3.05) is 11.9 Å². The summed E-state index contributed by atoms with van der Waals surface area (Å²) in [6, 6.07) is 13.5. The molecule has 1 N–H and O–H groups in total. The number of allylic oxidation sites excluding steroid dienone is 1. The summed E-state index contributed by atoms with van der Waals surface area (Å²) in [6.45, 7) is 4.43. The minimum Gasteiger partial charge on any atom is -0.494 e. The smallest absolute Gasteiger partial charge is 0.228 e. The maximum absolute atomic E-state index is 12.4. The fraction of sp³-hybridized carbons (Fsp3) is 0.273. The van der Waals surface area contributed by atoms with Gasteiger partial charge in [-0.15, -0.1) is 17.9 Å². The van der Waals surface area contributed by atoms with E-state index in [1.165, 1.54) is 0 Å². The van der Waals surface area contributed by atoms with Crippen molar-refractivity contribution in [1.82, 2.24) is 4.98 Å². The van der Waals surface area contributed by atoms with E-state index in [4.69, 9.17) is 4.74 Å². The predicted molar refractivity (Wildman–Crippen MR) is 113 cm³/mol. The Morgan fingerprint density at radius 3 is 3.00 bits per heavy atom. The number of carbonyl (C=O) groups excluding carboxylic acids is 1. The molecule has 140 valence electrons. The molecule has 2 aromatic carbocycles. The van der Waals surface area contributed by atoms with Crippen molar-refractivity contribution in [2.24, 2.45) is 0 Å². The SMILES string of the molecule is C=CCCCCCOc1cccc(CC(=O)Nc2ccc3ncsc3c2)c1. The molecule has 0 bridgehead atoms. The largest absolute Gasteiger partial charge is 0.494 e. The standard InChI is InChI=1S/C22H24N2O2S/c1-2-3-4-5-6-12-26-19-9-7-8-17(13-19)14-22(25)24-18-10-11-20-21(15-18)27-16-23-20/h2,7-11,13,15-16H,1,3-6,12,14H2,(H,24,25). The number of ether oxygens (including phenoxy) is 1. The molecule has 3 rings (SSSR count). The zero-order chi connectivity index (χ0) is 18.9. The molecule has 3 aromatic rings. The molecule has 0 atom stereocenters. The lowest BCUT2D eigenvalue weighted by molar-refractivity contribution is -0.115. The highest BCUT2D eigenvalue weighted by atomic mass is 32.1. The normalized spacial score (nSPS) is 10.7. The maximum Gasteiger partial charge on any atom is 0.228 e. The highest BCUT2D eigenvalue weighted by molar-refractivity contribution is 7.16. The molecular weight excluding hydrogens is 356 g/mol. The number of nitrogens with one attached hydrogen (secondary N) is 1. The number of unbranched alkanes of at least 4 members (excludes halogenated alkanes) is 3. The second-order valence-electron chi connectivity index (χ2n) is 6.39. The summed E-state index contributed by atoms with van der Waals surface area (Å²) >= 11 is 1.56. The van der Waals surface area contributed by atoms with Gasteiger partial charge in [0.15, 0.2) is 0 Å². The molecule has 0 saturated carbocycles. The molecule has 0 radical (unpaired) electrons. The van der Waals surface area contributed by atoms with Crippen LogP contribution in [0.1, 0.15) is 31.2 Å². The molecule has 0 aliphatic carbocycles. The van der Waals surface area contributed by atoms with E-state index in [1.807, 2.05) is 48.5 Å². The summed E-state index contributed by atoms with van der Waals surface area (Å²) in [7, 11) is 0. The summed E-state index contributed by atoms with van der Waals surface area (Å²) < 4.78 is 6.87. The Bertz CT molecular complexity index is 904. The van der Waals surface area contributed by atoms with Crippen LogP contribution in [0.3, 0.4) is 0 Å². The van der Waals surface area contributed by atoms with Gasteiger partial charge in [-0.2, -0.15) is 0 Å². The van der Waals surface area contributed by atoms with Crippen LogP contribution in [-0.2, 0) is 11.2 Å². The predicted octanol–water partition coefficient (Wildman–Crippen LogP) is 5.60. The molecule has 1 aromatic heterocycles. The van der Waals surface area contributed by atoms with E-state index in [0.717, 1.165) is 52.9 Å². The number of hydrogen-bond acceptors (Lipinski definition) is 4. The summed E-state index contributed by atoms with van der Waals surface area (Å²) in [5, 5.41) is 2.95. The first-order valence-electron chi connectivity index (χ1n) is 9.20. The quantitative estimate of drug-likeness (QED) is 0.368. The Morgan fingerprint density at radius 2 is 2.11 bits per heavy atom. The molecule has 4 nitrogen and oxygen atoms in total. The lowest BCUT2D eigenvalue weighted by Crippen LogP contribution is -2.14. The van der Waals surface area contributed by atoms with Crippen LogP contribution < -0.4 is 10.1 Å². The zero-order valence-electron chi connectivity index (χ0n) is 15.3. The average molecular weight is 381 g/mol. The van der Waals surface area contributed by atoms with Gasteiger partial charge in [-0.3, -0.25) is 4.79 Å². The third-order valence-corrected chi connectivity index (χ3v) is 4.99. The molecule has 0 fully saturated rings. The first-order valence-corrected chi connectivity index (χ1v) is 10.1. The van der Waals surface area contributed by atoms with Gasteiger partial charge in [0.2, 0.25) is 5.91 Å². The maximum atomic E-state index is 12.4. The van der Waals surface area contributed by atoms with Crippen LogP contribution >= 0.6 is 11.3 Å². The van der Waals surface area contributed by atoms with Crippen molar-refractivity contribution < 1.29 is 9.53 Å². The Morgan fingerprint density at radius 1 is 1.19 bits per heavy atom. The Balaban J connectivity index is 1.49. The van der Waals surface area contributed by atoms with E-state index in [1.54, 1.807) is 16.8 Å². The average Bonchev–Trinajstić information content (AvgIpc) is 3.12. The summed E-state index contributed by atoms with van der Waals surface area (Å²) in [4.78, 5) is 16.6. The third kappa shape index (κ3) is 5.93. The van der Waals surface area contributed by atoms with E-state index in [-0.39, 0.29) is 5.91 Å². The minimum absolute atomic E-state index is 0.0413. The van der Waals surface area contributed by atoms with Crippen molar-refractivity contribution in [1.29, 1.82) is 0 Å². The molecule has 0 spiro atoms. The monoisotopic (exact) mass is 380 g/mol. The fourth-order valence-electron chi connectivity index (χ4n) is 2.83. The van der Waals surface area contributed by atoms with Crippen molar-refractivity contribution in [2.45, 2.75) is 32.1 Å². The number of rotatable bonds is 10.